The quantitative estimate of drug-likeness (QED) is 0.0353. The zero-order valence-corrected chi connectivity index (χ0v) is 35.7. The van der Waals surface area contributed by atoms with E-state index in [4.69, 9.17) is 14.2 Å². The molecular weight excluding hydrogens is 669 g/mol. The van der Waals surface area contributed by atoms with Crippen molar-refractivity contribution in [2.45, 2.75) is 219 Å². The van der Waals surface area contributed by atoms with E-state index in [1.165, 1.54) is 122 Å². The Hall–Kier alpha value is -2.40. The summed E-state index contributed by atoms with van der Waals surface area (Å²) in [6.07, 6.45) is 55.2. The Balaban J connectivity index is 4.37. The molecule has 0 rings (SSSR count). The van der Waals surface area contributed by atoms with Crippen molar-refractivity contribution in [2.24, 2.45) is 0 Å². The van der Waals surface area contributed by atoms with Crippen molar-refractivity contribution in [3.63, 3.8) is 0 Å². The average molecular weight is 755 g/mol. The Bertz CT molecular complexity index is 946. The first kappa shape index (κ1) is 51.6. The lowest BCUT2D eigenvalue weighted by Gasteiger charge is -2.18. The van der Waals surface area contributed by atoms with Crippen LogP contribution in [-0.4, -0.2) is 37.9 Å². The van der Waals surface area contributed by atoms with Crippen molar-refractivity contribution in [1.82, 2.24) is 0 Å². The SMILES string of the molecule is CC/C=C\C/C=C\C/C=C\C/C=C\C/C=C\CC(=O)OCC(COCCCCCCCCCCCCCC)OC(=O)CCCCCCCCCCCCC. The molecule has 0 fully saturated rings. The molecule has 54 heavy (non-hydrogen) atoms. The monoisotopic (exact) mass is 755 g/mol. The highest BCUT2D eigenvalue weighted by Gasteiger charge is 2.17. The minimum atomic E-state index is -0.570. The van der Waals surface area contributed by atoms with E-state index in [-0.39, 0.29) is 31.6 Å². The number of carbonyl (C=O) groups excluding carboxylic acids is 2. The van der Waals surface area contributed by atoms with Crippen molar-refractivity contribution < 1.29 is 23.8 Å². The molecule has 5 heteroatoms. The molecule has 0 aliphatic carbocycles. The summed E-state index contributed by atoms with van der Waals surface area (Å²) in [5.74, 6) is -0.539. The van der Waals surface area contributed by atoms with E-state index in [2.05, 4.69) is 69.4 Å². The van der Waals surface area contributed by atoms with Crippen LogP contribution in [0.2, 0.25) is 0 Å². The van der Waals surface area contributed by atoms with Crippen molar-refractivity contribution in [1.29, 1.82) is 0 Å². The van der Waals surface area contributed by atoms with Crippen LogP contribution in [0.1, 0.15) is 213 Å². The van der Waals surface area contributed by atoms with E-state index in [1.807, 2.05) is 12.2 Å². The van der Waals surface area contributed by atoms with Gasteiger partial charge in [0.1, 0.15) is 6.61 Å². The molecule has 0 saturated heterocycles. The Labute approximate surface area is 334 Å². The number of allylic oxidation sites excluding steroid dienone is 9. The average Bonchev–Trinajstić information content (AvgIpc) is 3.17. The lowest BCUT2D eigenvalue weighted by atomic mass is 10.1. The molecule has 5 nitrogen and oxygen atoms in total. The Morgan fingerprint density at radius 1 is 0.426 bits per heavy atom. The number of carbonyl (C=O) groups is 2. The summed E-state index contributed by atoms with van der Waals surface area (Å²) in [4.78, 5) is 25.2. The second-order valence-corrected chi connectivity index (χ2v) is 15.0. The van der Waals surface area contributed by atoms with E-state index in [0.29, 0.717) is 13.0 Å². The molecule has 0 aromatic rings. The first-order valence-electron chi connectivity index (χ1n) is 22.8. The molecule has 0 amide bonds. The molecule has 0 bridgehead atoms. The maximum absolute atomic E-state index is 12.7. The minimum Gasteiger partial charge on any atom is -0.461 e. The Morgan fingerprint density at radius 3 is 1.26 bits per heavy atom. The lowest BCUT2D eigenvalue weighted by Crippen LogP contribution is -2.30. The van der Waals surface area contributed by atoms with Gasteiger partial charge in [-0.2, -0.15) is 0 Å². The zero-order chi connectivity index (χ0) is 39.3. The van der Waals surface area contributed by atoms with Gasteiger partial charge in [0.2, 0.25) is 0 Å². The fourth-order valence-corrected chi connectivity index (χ4v) is 6.23. The molecule has 0 aromatic heterocycles. The van der Waals surface area contributed by atoms with E-state index >= 15 is 0 Å². The van der Waals surface area contributed by atoms with Crippen molar-refractivity contribution in [2.75, 3.05) is 19.8 Å². The van der Waals surface area contributed by atoms with Crippen LogP contribution in [0.4, 0.5) is 0 Å². The maximum atomic E-state index is 12.7. The van der Waals surface area contributed by atoms with E-state index in [9.17, 15) is 9.59 Å². The standard InChI is InChI=1S/C49H86O5/c1-4-7-10-13-16-19-22-24-25-26-28-30-33-36-39-42-48(50)53-46-47(45-52-44-41-38-35-32-29-23-20-17-14-11-8-5-2)54-49(51)43-40-37-34-31-27-21-18-15-12-9-6-3/h7,10,16,19,24-25,28,30,36,39,47H,4-6,8-9,11-15,17-18,20-23,26-27,29,31-35,37-38,40-46H2,1-3H3/b10-7-,19-16-,25-24-,30-28-,39-36-. The van der Waals surface area contributed by atoms with Crippen LogP contribution in [0.25, 0.3) is 0 Å². The fraction of sp³-hybridized carbons (Fsp3) is 0.755. The van der Waals surface area contributed by atoms with Gasteiger partial charge in [-0.25, -0.2) is 0 Å². The van der Waals surface area contributed by atoms with Gasteiger partial charge in [-0.3, -0.25) is 9.59 Å². The summed E-state index contributed by atoms with van der Waals surface area (Å²) in [6.45, 7) is 7.61. The third-order valence-corrected chi connectivity index (χ3v) is 9.60. The normalized spacial score (nSPS) is 12.7. The largest absolute Gasteiger partial charge is 0.461 e. The van der Waals surface area contributed by atoms with Crippen LogP contribution in [0.5, 0.6) is 0 Å². The van der Waals surface area contributed by atoms with Gasteiger partial charge >= 0.3 is 11.9 Å². The van der Waals surface area contributed by atoms with Gasteiger partial charge in [0.15, 0.2) is 6.10 Å². The van der Waals surface area contributed by atoms with E-state index in [0.717, 1.165) is 57.8 Å². The highest BCUT2D eigenvalue weighted by atomic mass is 16.6. The third-order valence-electron chi connectivity index (χ3n) is 9.60. The minimum absolute atomic E-state index is 0.0337. The summed E-state index contributed by atoms with van der Waals surface area (Å²) in [6, 6.07) is 0. The van der Waals surface area contributed by atoms with E-state index in [1.54, 1.807) is 0 Å². The van der Waals surface area contributed by atoms with Gasteiger partial charge in [-0.05, 0) is 44.9 Å². The topological polar surface area (TPSA) is 61.8 Å². The predicted molar refractivity (Wildman–Crippen MR) is 233 cm³/mol. The number of hydrogen-bond acceptors (Lipinski definition) is 5. The van der Waals surface area contributed by atoms with E-state index < -0.39 is 6.10 Å². The molecule has 0 N–H and O–H groups in total. The van der Waals surface area contributed by atoms with Gasteiger partial charge < -0.3 is 14.2 Å². The molecule has 0 aromatic carbocycles. The van der Waals surface area contributed by atoms with Gasteiger partial charge in [-0.1, -0.05) is 216 Å². The van der Waals surface area contributed by atoms with Crippen molar-refractivity contribution >= 4 is 11.9 Å². The molecular formula is C49H86O5. The number of rotatable bonds is 41. The van der Waals surface area contributed by atoms with Gasteiger partial charge in [0, 0.05) is 13.0 Å². The number of hydrogen-bond donors (Lipinski definition) is 0. The lowest BCUT2D eigenvalue weighted by molar-refractivity contribution is -0.162. The molecule has 312 valence electrons. The highest BCUT2D eigenvalue weighted by Crippen LogP contribution is 2.14. The smallest absolute Gasteiger partial charge is 0.309 e. The predicted octanol–water partition coefficient (Wildman–Crippen LogP) is 15.0. The molecule has 0 heterocycles. The summed E-state index contributed by atoms with van der Waals surface area (Å²) in [5, 5.41) is 0. The molecule has 0 radical (unpaired) electrons. The molecule has 0 aliphatic heterocycles. The summed E-state index contributed by atoms with van der Waals surface area (Å²) in [5.41, 5.74) is 0. The van der Waals surface area contributed by atoms with Crippen LogP contribution in [0.3, 0.4) is 0 Å². The van der Waals surface area contributed by atoms with Crippen LogP contribution in [0, 0.1) is 0 Å². The van der Waals surface area contributed by atoms with Gasteiger partial charge in [0.25, 0.3) is 0 Å². The zero-order valence-electron chi connectivity index (χ0n) is 35.7. The summed E-state index contributed by atoms with van der Waals surface area (Å²) < 4.78 is 17.2. The van der Waals surface area contributed by atoms with Gasteiger partial charge in [-0.15, -0.1) is 0 Å². The molecule has 1 unspecified atom stereocenters. The van der Waals surface area contributed by atoms with Gasteiger partial charge in [0.05, 0.1) is 13.0 Å². The van der Waals surface area contributed by atoms with Crippen LogP contribution < -0.4 is 0 Å². The number of esters is 2. The third kappa shape index (κ3) is 42.3. The maximum Gasteiger partial charge on any atom is 0.309 e. The van der Waals surface area contributed by atoms with Crippen molar-refractivity contribution in [3.8, 4) is 0 Å². The molecule has 0 spiro atoms. The number of ether oxygens (including phenoxy) is 3. The van der Waals surface area contributed by atoms with Crippen molar-refractivity contribution in [3.05, 3.63) is 60.8 Å². The second kappa shape index (κ2) is 45.0. The molecule has 0 saturated carbocycles. The summed E-state index contributed by atoms with van der Waals surface area (Å²) >= 11 is 0. The van der Waals surface area contributed by atoms with Crippen LogP contribution >= 0.6 is 0 Å². The Morgan fingerprint density at radius 2 is 0.815 bits per heavy atom. The van der Waals surface area contributed by atoms with Crippen LogP contribution in [-0.2, 0) is 23.8 Å². The molecule has 0 aliphatic rings. The molecule has 1 atom stereocenters. The first-order valence-corrected chi connectivity index (χ1v) is 22.8. The first-order chi connectivity index (χ1) is 26.6. The fourth-order valence-electron chi connectivity index (χ4n) is 6.23. The second-order valence-electron chi connectivity index (χ2n) is 15.0. The number of unbranched alkanes of at least 4 members (excludes halogenated alkanes) is 21. The Kier molecular flexibility index (Phi) is 43.0. The summed E-state index contributed by atoms with van der Waals surface area (Å²) in [7, 11) is 0. The highest BCUT2D eigenvalue weighted by molar-refractivity contribution is 5.71. The van der Waals surface area contributed by atoms with Crippen LogP contribution in [0.15, 0.2) is 60.8 Å².